The van der Waals surface area contributed by atoms with Crippen LogP contribution in [0.25, 0.3) is 0 Å². The number of halogens is 1. The van der Waals surface area contributed by atoms with Crippen LogP contribution >= 0.6 is 11.6 Å². The van der Waals surface area contributed by atoms with Crippen molar-refractivity contribution in [1.29, 1.82) is 0 Å². The van der Waals surface area contributed by atoms with Crippen molar-refractivity contribution in [2.24, 2.45) is 23.2 Å². The molecule has 1 aromatic carbocycles. The zero-order valence-electron chi connectivity index (χ0n) is 20.7. The molecule has 0 aromatic heterocycles. The van der Waals surface area contributed by atoms with Crippen LogP contribution in [-0.2, 0) is 9.59 Å². The maximum Gasteiger partial charge on any atom is 0.263 e. The van der Waals surface area contributed by atoms with Gasteiger partial charge in [0.15, 0.2) is 5.60 Å². The highest BCUT2D eigenvalue weighted by molar-refractivity contribution is 6.30. The smallest absolute Gasteiger partial charge is 0.263 e. The van der Waals surface area contributed by atoms with Gasteiger partial charge < -0.3 is 10.1 Å². The lowest BCUT2D eigenvalue weighted by molar-refractivity contribution is -0.157. The highest BCUT2D eigenvalue weighted by Crippen LogP contribution is 2.60. The van der Waals surface area contributed by atoms with Crippen molar-refractivity contribution < 1.29 is 14.3 Å². The van der Waals surface area contributed by atoms with Gasteiger partial charge in [0, 0.05) is 24.2 Å². The second-order valence-corrected chi connectivity index (χ2v) is 12.2. The van der Waals surface area contributed by atoms with Crippen LogP contribution in [-0.4, -0.2) is 41.6 Å². The average molecular weight is 488 g/mol. The van der Waals surface area contributed by atoms with Gasteiger partial charge >= 0.3 is 0 Å². The van der Waals surface area contributed by atoms with Crippen LogP contribution in [0.2, 0.25) is 5.02 Å². The highest BCUT2D eigenvalue weighted by atomic mass is 35.5. The van der Waals surface area contributed by atoms with E-state index in [1.165, 1.54) is 6.42 Å². The second kappa shape index (κ2) is 9.02. The Morgan fingerprint density at radius 1 is 1.09 bits per heavy atom. The Hall–Kier alpha value is -1.79. The molecule has 2 amide bonds. The summed E-state index contributed by atoms with van der Waals surface area (Å²) in [6, 6.07) is 5.57. The molecule has 0 radical (unpaired) electrons. The molecule has 3 unspecified atom stereocenters. The summed E-state index contributed by atoms with van der Waals surface area (Å²) in [5.74, 6) is 2.11. The lowest BCUT2D eigenvalue weighted by Gasteiger charge is -2.59. The molecule has 5 atom stereocenters. The maximum atomic E-state index is 13.4. The van der Waals surface area contributed by atoms with Gasteiger partial charge in [0.2, 0.25) is 5.91 Å². The summed E-state index contributed by atoms with van der Waals surface area (Å²) in [6.07, 6.45) is 8.54. The van der Waals surface area contributed by atoms with Gasteiger partial charge in [0.25, 0.3) is 5.91 Å². The van der Waals surface area contributed by atoms with E-state index in [0.717, 1.165) is 63.6 Å². The minimum atomic E-state index is -1.00. The van der Waals surface area contributed by atoms with Crippen molar-refractivity contribution in [3.05, 3.63) is 28.8 Å². The SMILES string of the molecule is Cc1cc(Cl)ccc1OC(C)(C)C(=O)NC1[C@@H]2CC3C[C@H]1CC(C(=O)NN1CCCCC1)(C3)C2. The van der Waals surface area contributed by atoms with Crippen LogP contribution < -0.4 is 15.5 Å². The Morgan fingerprint density at radius 3 is 2.41 bits per heavy atom. The molecule has 7 heteroatoms. The molecular formula is C27H38ClN3O3. The van der Waals surface area contributed by atoms with E-state index in [9.17, 15) is 9.59 Å². The number of piperidine rings is 1. The number of hydrazine groups is 1. The van der Waals surface area contributed by atoms with Gasteiger partial charge in [-0.3, -0.25) is 15.0 Å². The van der Waals surface area contributed by atoms with Crippen molar-refractivity contribution in [2.45, 2.75) is 83.8 Å². The average Bonchev–Trinajstić information content (AvgIpc) is 2.78. The van der Waals surface area contributed by atoms with Gasteiger partial charge in [0.05, 0.1) is 5.41 Å². The summed E-state index contributed by atoms with van der Waals surface area (Å²) in [5, 5.41) is 6.14. The van der Waals surface area contributed by atoms with E-state index in [0.29, 0.717) is 28.5 Å². The number of carbonyl (C=O) groups excluding carboxylic acids is 2. The normalized spacial score (nSPS) is 32.9. The number of benzene rings is 1. The number of hydrogen-bond donors (Lipinski definition) is 2. The second-order valence-electron chi connectivity index (χ2n) is 11.8. The summed E-state index contributed by atoms with van der Waals surface area (Å²) in [6.45, 7) is 7.49. The molecule has 5 fully saturated rings. The van der Waals surface area contributed by atoms with E-state index < -0.39 is 5.60 Å². The zero-order chi connectivity index (χ0) is 24.1. The summed E-state index contributed by atoms with van der Waals surface area (Å²) < 4.78 is 6.15. The zero-order valence-corrected chi connectivity index (χ0v) is 21.4. The molecule has 0 spiro atoms. The molecule has 186 valence electrons. The summed E-state index contributed by atoms with van der Waals surface area (Å²) in [4.78, 5) is 26.8. The van der Waals surface area contributed by atoms with Gasteiger partial charge in [-0.2, -0.15) is 0 Å². The number of aryl methyl sites for hydroxylation is 1. The Kier molecular flexibility index (Phi) is 6.34. The Labute approximate surface area is 208 Å². The maximum absolute atomic E-state index is 13.4. The van der Waals surface area contributed by atoms with Gasteiger partial charge in [-0.1, -0.05) is 18.0 Å². The Bertz CT molecular complexity index is 942. The minimum absolute atomic E-state index is 0.0915. The van der Waals surface area contributed by atoms with Gasteiger partial charge in [-0.25, -0.2) is 5.01 Å². The van der Waals surface area contributed by atoms with E-state index in [4.69, 9.17) is 16.3 Å². The standard InChI is InChI=1S/C27H38ClN3O3/c1-17-11-21(28)7-8-22(17)34-26(2,3)24(32)29-23-19-12-18-13-20(23)16-27(14-18,15-19)25(33)30-31-9-5-4-6-10-31/h7-8,11,18-20,23H,4-6,9-10,12-16H2,1-3H3,(H,29,32)(H,30,33)/t18?,19-,20+,23?,27?. The van der Waals surface area contributed by atoms with E-state index >= 15 is 0 Å². The fourth-order valence-electron chi connectivity index (χ4n) is 7.18. The molecule has 1 saturated heterocycles. The van der Waals surface area contributed by atoms with Gasteiger partial charge in [-0.15, -0.1) is 0 Å². The van der Waals surface area contributed by atoms with Crippen molar-refractivity contribution in [3.63, 3.8) is 0 Å². The third kappa shape index (κ3) is 4.56. The van der Waals surface area contributed by atoms with E-state index in [2.05, 4.69) is 15.8 Å². The van der Waals surface area contributed by atoms with Crippen LogP contribution in [0.3, 0.4) is 0 Å². The van der Waals surface area contributed by atoms with E-state index in [1.807, 2.05) is 32.9 Å². The molecular weight excluding hydrogens is 450 g/mol. The number of nitrogens with zero attached hydrogens (tertiary/aromatic N) is 1. The number of nitrogens with one attached hydrogen (secondary N) is 2. The van der Waals surface area contributed by atoms with Crippen LogP contribution in [0.15, 0.2) is 18.2 Å². The lowest BCUT2D eigenvalue weighted by atomic mass is 9.47. The summed E-state index contributed by atoms with van der Waals surface area (Å²) in [5.41, 5.74) is 2.91. The molecule has 5 aliphatic rings. The van der Waals surface area contributed by atoms with Crippen molar-refractivity contribution in [2.75, 3.05) is 13.1 Å². The van der Waals surface area contributed by atoms with Crippen molar-refractivity contribution in [3.8, 4) is 5.75 Å². The third-order valence-corrected chi connectivity index (χ3v) is 8.95. The van der Waals surface area contributed by atoms with Gasteiger partial charge in [0.1, 0.15) is 5.75 Å². The first-order valence-corrected chi connectivity index (χ1v) is 13.4. The van der Waals surface area contributed by atoms with Crippen LogP contribution in [0.4, 0.5) is 0 Å². The third-order valence-electron chi connectivity index (χ3n) is 8.72. The molecule has 34 heavy (non-hydrogen) atoms. The highest BCUT2D eigenvalue weighted by Gasteiger charge is 2.59. The topological polar surface area (TPSA) is 70.7 Å². The quantitative estimate of drug-likeness (QED) is 0.613. The lowest BCUT2D eigenvalue weighted by Crippen LogP contribution is -2.65. The number of amides is 2. The van der Waals surface area contributed by atoms with Crippen molar-refractivity contribution >= 4 is 23.4 Å². The largest absolute Gasteiger partial charge is 0.478 e. The molecule has 4 saturated carbocycles. The van der Waals surface area contributed by atoms with E-state index in [-0.39, 0.29) is 23.3 Å². The molecule has 4 bridgehead atoms. The fourth-order valence-corrected chi connectivity index (χ4v) is 7.41. The first kappa shape index (κ1) is 23.9. The van der Waals surface area contributed by atoms with Crippen LogP contribution in [0.5, 0.6) is 5.75 Å². The van der Waals surface area contributed by atoms with Crippen LogP contribution in [0, 0.1) is 30.1 Å². The first-order chi connectivity index (χ1) is 16.1. The van der Waals surface area contributed by atoms with Crippen LogP contribution in [0.1, 0.15) is 70.8 Å². The van der Waals surface area contributed by atoms with Crippen molar-refractivity contribution in [1.82, 2.24) is 15.8 Å². The monoisotopic (exact) mass is 487 g/mol. The molecule has 4 aliphatic carbocycles. The molecule has 1 aliphatic heterocycles. The van der Waals surface area contributed by atoms with Gasteiger partial charge in [-0.05, 0) is 107 Å². The Balaban J connectivity index is 1.25. The molecule has 1 heterocycles. The predicted molar refractivity (Wildman–Crippen MR) is 132 cm³/mol. The summed E-state index contributed by atoms with van der Waals surface area (Å²) in [7, 11) is 0. The van der Waals surface area contributed by atoms with E-state index in [1.54, 1.807) is 6.07 Å². The fraction of sp³-hybridized carbons (Fsp3) is 0.704. The molecule has 6 rings (SSSR count). The number of hydrogen-bond acceptors (Lipinski definition) is 4. The predicted octanol–water partition coefficient (Wildman–Crippen LogP) is 4.63. The number of ether oxygens (including phenoxy) is 1. The number of carbonyl (C=O) groups is 2. The number of rotatable bonds is 6. The first-order valence-electron chi connectivity index (χ1n) is 13.0. The summed E-state index contributed by atoms with van der Waals surface area (Å²) >= 11 is 6.07. The Morgan fingerprint density at radius 2 is 1.76 bits per heavy atom. The molecule has 1 aromatic rings. The minimum Gasteiger partial charge on any atom is -0.478 e. The molecule has 6 nitrogen and oxygen atoms in total. The molecule has 2 N–H and O–H groups in total.